The van der Waals surface area contributed by atoms with Crippen molar-refractivity contribution in [3.05, 3.63) is 0 Å². The Labute approximate surface area is 76.1 Å². The van der Waals surface area contributed by atoms with E-state index in [-0.39, 0.29) is 35.2 Å². The molecule has 5 atom stereocenters. The highest BCUT2D eigenvalue weighted by atomic mass is 16.3. The molecule has 3 saturated carbocycles. The van der Waals surface area contributed by atoms with Gasteiger partial charge in [-0.2, -0.15) is 0 Å². The van der Waals surface area contributed by atoms with Crippen molar-refractivity contribution in [3.8, 4) is 0 Å². The fourth-order valence-electron chi connectivity index (χ4n) is 3.62. The first-order chi connectivity index (χ1) is 6.18. The van der Waals surface area contributed by atoms with Crippen LogP contribution in [0.15, 0.2) is 0 Å². The van der Waals surface area contributed by atoms with Crippen molar-refractivity contribution in [1.29, 1.82) is 0 Å². The van der Waals surface area contributed by atoms with Gasteiger partial charge >= 0.3 is 0 Å². The number of aliphatic hydroxyl groups excluding tert-OH is 1. The van der Waals surface area contributed by atoms with Crippen LogP contribution in [0.1, 0.15) is 19.3 Å². The van der Waals surface area contributed by atoms with E-state index in [0.29, 0.717) is 19.3 Å². The van der Waals surface area contributed by atoms with Gasteiger partial charge in [0.25, 0.3) is 0 Å². The summed E-state index contributed by atoms with van der Waals surface area (Å²) in [4.78, 5) is 23.0. The lowest BCUT2D eigenvalue weighted by Crippen LogP contribution is -2.21. The highest BCUT2D eigenvalue weighted by Gasteiger charge is 2.60. The standard InChI is InChI=1S/C10H12O3/c11-6-1-4-2-7(12)10-8(13)3-5(6)9(4)10/h4-5,8-10,13H,1-3H2/t4-,5-,8-,9+,10-/m0/s1. The minimum Gasteiger partial charge on any atom is -0.392 e. The van der Waals surface area contributed by atoms with Crippen LogP contribution >= 0.6 is 0 Å². The molecule has 0 spiro atoms. The molecule has 0 radical (unpaired) electrons. The van der Waals surface area contributed by atoms with Gasteiger partial charge in [-0.15, -0.1) is 0 Å². The van der Waals surface area contributed by atoms with Crippen molar-refractivity contribution in [1.82, 2.24) is 0 Å². The van der Waals surface area contributed by atoms with Crippen molar-refractivity contribution in [2.75, 3.05) is 0 Å². The van der Waals surface area contributed by atoms with Crippen LogP contribution < -0.4 is 0 Å². The summed E-state index contributed by atoms with van der Waals surface area (Å²) < 4.78 is 0. The van der Waals surface area contributed by atoms with Crippen molar-refractivity contribution < 1.29 is 14.7 Å². The predicted molar refractivity (Wildman–Crippen MR) is 43.8 cm³/mol. The van der Waals surface area contributed by atoms with Gasteiger partial charge in [0.15, 0.2) is 0 Å². The first-order valence-corrected chi connectivity index (χ1v) is 4.92. The zero-order valence-electron chi connectivity index (χ0n) is 7.27. The number of carbonyl (C=O) groups is 2. The van der Waals surface area contributed by atoms with Crippen LogP contribution in [0.25, 0.3) is 0 Å². The van der Waals surface area contributed by atoms with Gasteiger partial charge in [-0.1, -0.05) is 0 Å². The maximum absolute atomic E-state index is 11.5. The molecule has 0 amide bonds. The van der Waals surface area contributed by atoms with Gasteiger partial charge in [0.1, 0.15) is 11.6 Å². The molecular weight excluding hydrogens is 168 g/mol. The zero-order chi connectivity index (χ0) is 9.16. The van der Waals surface area contributed by atoms with E-state index in [0.717, 1.165) is 0 Å². The average Bonchev–Trinajstić information content (AvgIpc) is 2.60. The van der Waals surface area contributed by atoms with E-state index >= 15 is 0 Å². The summed E-state index contributed by atoms with van der Waals surface area (Å²) in [6.07, 6.45) is 1.13. The molecule has 0 saturated heterocycles. The fourth-order valence-corrected chi connectivity index (χ4v) is 3.62. The van der Waals surface area contributed by atoms with Gasteiger partial charge in [-0.3, -0.25) is 9.59 Å². The Hall–Kier alpha value is -0.700. The molecule has 3 nitrogen and oxygen atoms in total. The summed E-state index contributed by atoms with van der Waals surface area (Å²) in [6.45, 7) is 0. The lowest BCUT2D eigenvalue weighted by molar-refractivity contribution is -0.123. The molecule has 0 aromatic heterocycles. The number of Topliss-reactive ketones (excluding diaryl/α,β-unsaturated/α-hetero) is 2. The summed E-state index contributed by atoms with van der Waals surface area (Å²) in [7, 11) is 0. The second-order valence-corrected chi connectivity index (χ2v) is 4.61. The highest BCUT2D eigenvalue weighted by molar-refractivity contribution is 5.93. The van der Waals surface area contributed by atoms with Gasteiger partial charge < -0.3 is 5.11 Å². The van der Waals surface area contributed by atoms with Gasteiger partial charge in [-0.25, -0.2) is 0 Å². The minimum absolute atomic E-state index is 0.0106. The van der Waals surface area contributed by atoms with Crippen LogP contribution in [0.5, 0.6) is 0 Å². The molecule has 0 aromatic rings. The van der Waals surface area contributed by atoms with Crippen LogP contribution in [-0.4, -0.2) is 22.8 Å². The molecule has 0 aromatic carbocycles. The van der Waals surface area contributed by atoms with E-state index < -0.39 is 6.10 Å². The Morgan fingerprint density at radius 3 is 2.62 bits per heavy atom. The summed E-state index contributed by atoms with van der Waals surface area (Å²) in [5.41, 5.74) is 0. The molecule has 3 fully saturated rings. The van der Waals surface area contributed by atoms with Crippen LogP contribution in [0.3, 0.4) is 0 Å². The monoisotopic (exact) mass is 180 g/mol. The molecule has 0 unspecified atom stereocenters. The number of rotatable bonds is 0. The summed E-state index contributed by atoms with van der Waals surface area (Å²) in [5.74, 6) is 0.765. The Bertz CT molecular complexity index is 297. The smallest absolute Gasteiger partial charge is 0.139 e. The van der Waals surface area contributed by atoms with E-state index in [4.69, 9.17) is 0 Å². The number of hydrogen-bond acceptors (Lipinski definition) is 3. The third-order valence-corrected chi connectivity index (χ3v) is 4.05. The van der Waals surface area contributed by atoms with Gasteiger partial charge in [0, 0.05) is 24.7 Å². The van der Waals surface area contributed by atoms with E-state index in [1.165, 1.54) is 0 Å². The summed E-state index contributed by atoms with van der Waals surface area (Å²) in [5, 5.41) is 9.64. The van der Waals surface area contributed by atoms with Crippen LogP contribution in [0.4, 0.5) is 0 Å². The molecule has 3 aliphatic rings. The number of aliphatic hydroxyl groups is 1. The number of carbonyl (C=O) groups excluding carboxylic acids is 2. The second kappa shape index (κ2) is 2.21. The van der Waals surface area contributed by atoms with Crippen molar-refractivity contribution in [2.24, 2.45) is 23.7 Å². The van der Waals surface area contributed by atoms with Crippen LogP contribution in [-0.2, 0) is 9.59 Å². The maximum atomic E-state index is 11.5. The SMILES string of the molecule is O=C1C[C@@H]2CC(=O)[C@@H]3C[C@H](O)[C@H]1[C@H]23. The molecule has 0 aliphatic heterocycles. The average molecular weight is 180 g/mol. The first-order valence-electron chi connectivity index (χ1n) is 4.92. The molecule has 3 rings (SSSR count). The topological polar surface area (TPSA) is 54.4 Å². The van der Waals surface area contributed by atoms with Crippen LogP contribution in [0, 0.1) is 23.7 Å². The predicted octanol–water partition coefficient (Wildman–Crippen LogP) is 0.161. The highest BCUT2D eigenvalue weighted by Crippen LogP contribution is 2.55. The Morgan fingerprint density at radius 1 is 1.15 bits per heavy atom. The Balaban J connectivity index is 2.03. The minimum atomic E-state index is -0.531. The lowest BCUT2D eigenvalue weighted by Gasteiger charge is -2.11. The largest absolute Gasteiger partial charge is 0.392 e. The Morgan fingerprint density at radius 2 is 1.85 bits per heavy atom. The molecule has 70 valence electrons. The van der Waals surface area contributed by atoms with Gasteiger partial charge in [-0.05, 0) is 18.3 Å². The molecule has 1 N–H and O–H groups in total. The second-order valence-electron chi connectivity index (χ2n) is 4.61. The quantitative estimate of drug-likeness (QED) is 0.577. The lowest BCUT2D eigenvalue weighted by atomic mass is 9.92. The van der Waals surface area contributed by atoms with E-state index in [1.807, 2.05) is 0 Å². The van der Waals surface area contributed by atoms with Gasteiger partial charge in [0.05, 0.1) is 6.10 Å². The molecule has 0 heterocycles. The third-order valence-electron chi connectivity index (χ3n) is 4.05. The maximum Gasteiger partial charge on any atom is 0.139 e. The number of hydrogen-bond donors (Lipinski definition) is 1. The third kappa shape index (κ3) is 0.784. The van der Waals surface area contributed by atoms with Crippen molar-refractivity contribution in [3.63, 3.8) is 0 Å². The molecular formula is C10H12O3. The van der Waals surface area contributed by atoms with E-state index in [1.54, 1.807) is 0 Å². The van der Waals surface area contributed by atoms with Crippen LogP contribution in [0.2, 0.25) is 0 Å². The molecule has 0 bridgehead atoms. The van der Waals surface area contributed by atoms with Crippen molar-refractivity contribution >= 4 is 11.6 Å². The van der Waals surface area contributed by atoms with Crippen molar-refractivity contribution in [2.45, 2.75) is 25.4 Å². The Kier molecular flexibility index (Phi) is 1.30. The normalized spacial score (nSPS) is 53.2. The number of ketones is 2. The van der Waals surface area contributed by atoms with Gasteiger partial charge in [0.2, 0.25) is 0 Å². The summed E-state index contributed by atoms with van der Waals surface area (Å²) >= 11 is 0. The zero-order valence-corrected chi connectivity index (χ0v) is 7.27. The van der Waals surface area contributed by atoms with E-state index in [2.05, 4.69) is 0 Å². The summed E-state index contributed by atoms with van der Waals surface area (Å²) in [6, 6.07) is 0. The first kappa shape index (κ1) is 7.68. The fraction of sp³-hybridized carbons (Fsp3) is 0.800. The van der Waals surface area contributed by atoms with E-state index in [9.17, 15) is 14.7 Å². The molecule has 3 heteroatoms. The molecule has 3 aliphatic carbocycles. The molecule has 13 heavy (non-hydrogen) atoms.